The Labute approximate surface area is 101 Å². The number of hydrogen-bond acceptors (Lipinski definition) is 3. The van der Waals surface area contributed by atoms with E-state index in [2.05, 4.69) is 11.0 Å². The molecule has 1 aromatic carbocycles. The van der Waals surface area contributed by atoms with E-state index in [1.807, 2.05) is 25.2 Å². The van der Waals surface area contributed by atoms with Crippen molar-refractivity contribution in [2.24, 2.45) is 0 Å². The quantitative estimate of drug-likeness (QED) is 0.866. The number of rotatable bonds is 4. The van der Waals surface area contributed by atoms with E-state index in [1.54, 1.807) is 0 Å². The lowest BCUT2D eigenvalue weighted by molar-refractivity contribution is -0.137. The molecule has 0 aliphatic carbocycles. The summed E-state index contributed by atoms with van der Waals surface area (Å²) in [5.41, 5.74) is 1.16. The lowest BCUT2D eigenvalue weighted by Gasteiger charge is -2.32. The summed E-state index contributed by atoms with van der Waals surface area (Å²) in [7, 11) is 1.97. The molecule has 2 rings (SSSR count). The van der Waals surface area contributed by atoms with Crippen molar-refractivity contribution in [2.75, 3.05) is 20.2 Å². The third-order valence-electron chi connectivity index (χ3n) is 3.14. The van der Waals surface area contributed by atoms with Gasteiger partial charge >= 0.3 is 5.97 Å². The summed E-state index contributed by atoms with van der Waals surface area (Å²) >= 11 is 0. The molecule has 1 N–H and O–H groups in total. The number of hydrogen-bond donors (Lipinski definition) is 1. The van der Waals surface area contributed by atoms with Crippen LogP contribution in [0.4, 0.5) is 0 Å². The lowest BCUT2D eigenvalue weighted by Crippen LogP contribution is -2.31. The number of carboxylic acids is 1. The van der Waals surface area contributed by atoms with E-state index in [9.17, 15) is 4.79 Å². The van der Waals surface area contributed by atoms with Crippen LogP contribution >= 0.6 is 0 Å². The number of nitrogens with zero attached hydrogens (tertiary/aromatic N) is 1. The molecule has 0 radical (unpaired) electrons. The summed E-state index contributed by atoms with van der Waals surface area (Å²) in [4.78, 5) is 12.7. The van der Waals surface area contributed by atoms with Crippen molar-refractivity contribution in [1.29, 1.82) is 0 Å². The van der Waals surface area contributed by atoms with Crippen LogP contribution in [0.5, 0.6) is 5.75 Å². The summed E-state index contributed by atoms with van der Waals surface area (Å²) in [6, 6.07) is 8.23. The van der Waals surface area contributed by atoms with Crippen LogP contribution in [0.3, 0.4) is 0 Å². The van der Waals surface area contributed by atoms with Gasteiger partial charge in [0.2, 0.25) is 0 Å². The fourth-order valence-corrected chi connectivity index (χ4v) is 2.21. The average molecular weight is 235 g/mol. The van der Waals surface area contributed by atoms with Gasteiger partial charge in [0.1, 0.15) is 5.75 Å². The minimum Gasteiger partial charge on any atom is -0.493 e. The fourth-order valence-electron chi connectivity index (χ4n) is 2.21. The Morgan fingerprint density at radius 2 is 2.29 bits per heavy atom. The van der Waals surface area contributed by atoms with Gasteiger partial charge in [0, 0.05) is 24.6 Å². The summed E-state index contributed by atoms with van der Waals surface area (Å²) < 4.78 is 5.59. The number of ether oxygens (including phenoxy) is 1. The topological polar surface area (TPSA) is 49.8 Å². The highest BCUT2D eigenvalue weighted by Gasteiger charge is 2.24. The van der Waals surface area contributed by atoms with Crippen molar-refractivity contribution in [1.82, 2.24) is 4.90 Å². The first kappa shape index (κ1) is 11.9. The molecule has 17 heavy (non-hydrogen) atoms. The van der Waals surface area contributed by atoms with Gasteiger partial charge < -0.3 is 9.84 Å². The molecule has 1 heterocycles. The van der Waals surface area contributed by atoms with E-state index in [0.29, 0.717) is 13.2 Å². The van der Waals surface area contributed by atoms with Gasteiger partial charge in [0.15, 0.2) is 0 Å². The number of carboxylic acid groups (broad SMARTS) is 1. The van der Waals surface area contributed by atoms with E-state index in [4.69, 9.17) is 9.84 Å². The van der Waals surface area contributed by atoms with Gasteiger partial charge in [-0.15, -0.1) is 0 Å². The Kier molecular flexibility index (Phi) is 3.64. The van der Waals surface area contributed by atoms with Crippen molar-refractivity contribution < 1.29 is 14.6 Å². The van der Waals surface area contributed by atoms with Gasteiger partial charge in [-0.1, -0.05) is 18.2 Å². The molecule has 0 bridgehead atoms. The number of para-hydroxylation sites is 1. The van der Waals surface area contributed by atoms with Crippen LogP contribution in [0.2, 0.25) is 0 Å². The second-order valence-electron chi connectivity index (χ2n) is 4.32. The van der Waals surface area contributed by atoms with Crippen molar-refractivity contribution in [3.05, 3.63) is 29.8 Å². The maximum atomic E-state index is 10.6. The number of carbonyl (C=O) groups is 1. The van der Waals surface area contributed by atoms with Crippen LogP contribution < -0.4 is 4.74 Å². The third-order valence-corrected chi connectivity index (χ3v) is 3.14. The molecule has 1 aliphatic heterocycles. The van der Waals surface area contributed by atoms with Crippen LogP contribution in [0.15, 0.2) is 24.3 Å². The van der Waals surface area contributed by atoms with Crippen LogP contribution in [0.25, 0.3) is 0 Å². The number of benzene rings is 1. The van der Waals surface area contributed by atoms with Crippen LogP contribution in [-0.4, -0.2) is 36.2 Å². The van der Waals surface area contributed by atoms with Gasteiger partial charge in [0.05, 0.1) is 13.0 Å². The average Bonchev–Trinajstić information content (AvgIpc) is 2.35. The van der Waals surface area contributed by atoms with Crippen LogP contribution in [0, 0.1) is 0 Å². The highest BCUT2D eigenvalue weighted by Crippen LogP contribution is 2.34. The maximum absolute atomic E-state index is 10.6. The second kappa shape index (κ2) is 5.19. The smallest absolute Gasteiger partial charge is 0.304 e. The Balaban J connectivity index is 2.09. The van der Waals surface area contributed by atoms with E-state index in [1.165, 1.54) is 0 Å². The molecule has 1 unspecified atom stereocenters. The summed E-state index contributed by atoms with van der Waals surface area (Å²) in [6.45, 7) is 1.26. The highest BCUT2D eigenvalue weighted by atomic mass is 16.5. The predicted molar refractivity (Wildman–Crippen MR) is 64.2 cm³/mol. The first-order valence-corrected chi connectivity index (χ1v) is 5.82. The number of fused-ring (bicyclic) bond motifs is 1. The van der Waals surface area contributed by atoms with E-state index < -0.39 is 5.97 Å². The maximum Gasteiger partial charge on any atom is 0.304 e. The Bertz CT molecular complexity index is 405. The molecule has 0 amide bonds. The van der Waals surface area contributed by atoms with Crippen molar-refractivity contribution in [2.45, 2.75) is 18.9 Å². The fraction of sp³-hybridized carbons (Fsp3) is 0.462. The Morgan fingerprint density at radius 1 is 1.53 bits per heavy atom. The molecule has 1 aromatic rings. The Morgan fingerprint density at radius 3 is 3.06 bits per heavy atom. The molecular formula is C13H17NO3. The van der Waals surface area contributed by atoms with Crippen molar-refractivity contribution in [3.63, 3.8) is 0 Å². The second-order valence-corrected chi connectivity index (χ2v) is 4.32. The minimum atomic E-state index is -0.753. The molecule has 4 nitrogen and oxygen atoms in total. The molecule has 1 aliphatic rings. The molecule has 0 spiro atoms. The molecule has 0 saturated heterocycles. The first-order valence-electron chi connectivity index (χ1n) is 5.82. The zero-order valence-corrected chi connectivity index (χ0v) is 9.93. The predicted octanol–water partition coefficient (Wildman–Crippen LogP) is 1.92. The highest BCUT2D eigenvalue weighted by molar-refractivity contribution is 5.66. The van der Waals surface area contributed by atoms with E-state index in [0.717, 1.165) is 17.7 Å². The van der Waals surface area contributed by atoms with Gasteiger partial charge in [0.25, 0.3) is 0 Å². The standard InChI is InChI=1S/C13H17NO3/c1-14(8-6-13(15)16)11-7-9-17-12-5-3-2-4-10(11)12/h2-5,11H,6-9H2,1H3,(H,15,16). The molecule has 92 valence electrons. The van der Waals surface area contributed by atoms with Gasteiger partial charge in [-0.2, -0.15) is 0 Å². The van der Waals surface area contributed by atoms with Gasteiger partial charge in [-0.05, 0) is 13.1 Å². The molecule has 0 saturated carbocycles. The largest absolute Gasteiger partial charge is 0.493 e. The summed E-state index contributed by atoms with van der Waals surface area (Å²) in [5, 5.41) is 8.70. The minimum absolute atomic E-state index is 0.177. The number of aliphatic carboxylic acids is 1. The van der Waals surface area contributed by atoms with Crippen LogP contribution in [-0.2, 0) is 4.79 Å². The van der Waals surface area contributed by atoms with Crippen molar-refractivity contribution in [3.8, 4) is 5.75 Å². The van der Waals surface area contributed by atoms with Gasteiger partial charge in [-0.3, -0.25) is 9.69 Å². The van der Waals surface area contributed by atoms with Crippen LogP contribution in [0.1, 0.15) is 24.4 Å². The monoisotopic (exact) mass is 235 g/mol. The molecule has 0 aromatic heterocycles. The van der Waals surface area contributed by atoms with E-state index >= 15 is 0 Å². The SMILES string of the molecule is CN(CCC(=O)O)C1CCOc2ccccc21. The van der Waals surface area contributed by atoms with Gasteiger partial charge in [-0.25, -0.2) is 0 Å². The first-order chi connectivity index (χ1) is 8.18. The molecular weight excluding hydrogens is 218 g/mol. The normalized spacial score (nSPS) is 18.6. The molecule has 0 fully saturated rings. The Hall–Kier alpha value is -1.55. The third kappa shape index (κ3) is 2.77. The summed E-state index contributed by atoms with van der Waals surface area (Å²) in [5.74, 6) is 0.170. The molecule has 4 heteroatoms. The van der Waals surface area contributed by atoms with E-state index in [-0.39, 0.29) is 12.5 Å². The molecule has 1 atom stereocenters. The zero-order valence-electron chi connectivity index (χ0n) is 9.93. The zero-order chi connectivity index (χ0) is 12.3. The summed E-state index contributed by atoms with van der Waals surface area (Å²) in [6.07, 6.45) is 1.09. The lowest BCUT2D eigenvalue weighted by atomic mass is 9.99. The van der Waals surface area contributed by atoms with Crippen molar-refractivity contribution >= 4 is 5.97 Å².